The zero-order valence-corrected chi connectivity index (χ0v) is 18.7. The predicted molar refractivity (Wildman–Crippen MR) is 124 cm³/mol. The molecule has 0 radical (unpaired) electrons. The van der Waals surface area contributed by atoms with E-state index in [0.29, 0.717) is 18.2 Å². The first-order chi connectivity index (χ1) is 15.1. The number of anilines is 1. The summed E-state index contributed by atoms with van der Waals surface area (Å²) < 4.78 is 5.51. The largest absolute Gasteiger partial charge is 0.501 e. The number of aryl methyl sites for hydroxylation is 3. The molecular weight excluding hydrogens is 386 g/mol. The summed E-state index contributed by atoms with van der Waals surface area (Å²) in [6, 6.07) is 10.3. The molecule has 5 nitrogen and oxygen atoms in total. The molecular formula is C26H31N3O2. The van der Waals surface area contributed by atoms with E-state index in [1.807, 2.05) is 18.2 Å². The van der Waals surface area contributed by atoms with Crippen LogP contribution in [0.1, 0.15) is 62.2 Å². The number of ether oxygens (including phenoxy) is 1. The molecule has 1 atom stereocenters. The van der Waals surface area contributed by atoms with Crippen LogP contribution in [-0.4, -0.2) is 23.0 Å². The van der Waals surface area contributed by atoms with Gasteiger partial charge in [0.05, 0.1) is 30.0 Å². The summed E-state index contributed by atoms with van der Waals surface area (Å²) in [4.78, 5) is 22.4. The van der Waals surface area contributed by atoms with Gasteiger partial charge in [0.1, 0.15) is 0 Å². The molecule has 5 heteroatoms. The molecule has 0 saturated carbocycles. The van der Waals surface area contributed by atoms with Gasteiger partial charge < -0.3 is 10.1 Å². The highest BCUT2D eigenvalue weighted by Gasteiger charge is 2.30. The third-order valence-corrected chi connectivity index (χ3v) is 6.17. The number of amides is 1. The Bertz CT molecular complexity index is 1020. The van der Waals surface area contributed by atoms with Crippen molar-refractivity contribution in [3.05, 3.63) is 70.4 Å². The van der Waals surface area contributed by atoms with Gasteiger partial charge in [-0.2, -0.15) is 0 Å². The molecule has 1 heterocycles. The minimum absolute atomic E-state index is 0.00861. The number of hydrogen-bond donors (Lipinski definition) is 1. The van der Waals surface area contributed by atoms with Crippen LogP contribution in [0.4, 0.5) is 5.82 Å². The van der Waals surface area contributed by atoms with Crippen molar-refractivity contribution >= 4 is 17.3 Å². The summed E-state index contributed by atoms with van der Waals surface area (Å²) >= 11 is 0. The molecule has 1 unspecified atom stereocenters. The molecule has 31 heavy (non-hydrogen) atoms. The second-order valence-electron chi connectivity index (χ2n) is 8.41. The first-order valence-corrected chi connectivity index (χ1v) is 11.3. The Morgan fingerprint density at radius 1 is 1.19 bits per heavy atom. The fourth-order valence-electron chi connectivity index (χ4n) is 4.57. The van der Waals surface area contributed by atoms with Gasteiger partial charge >= 0.3 is 0 Å². The summed E-state index contributed by atoms with van der Waals surface area (Å²) in [5, 5.41) is 3.04. The number of allylic oxidation sites excluding steroid dienone is 4. The zero-order chi connectivity index (χ0) is 21.8. The van der Waals surface area contributed by atoms with Crippen molar-refractivity contribution in [1.82, 2.24) is 9.97 Å². The number of fused-ring (bicyclic) bond motifs is 2. The van der Waals surface area contributed by atoms with Crippen molar-refractivity contribution in [2.24, 2.45) is 5.92 Å². The molecule has 1 amide bonds. The lowest BCUT2D eigenvalue weighted by molar-refractivity contribution is -0.116. The number of rotatable bonds is 7. The molecule has 0 spiro atoms. The summed E-state index contributed by atoms with van der Waals surface area (Å²) in [5.41, 5.74) is 6.74. The molecule has 0 saturated heterocycles. The lowest BCUT2D eigenvalue weighted by Crippen LogP contribution is -2.21. The first kappa shape index (κ1) is 21.3. The molecule has 162 valence electrons. The van der Waals surface area contributed by atoms with Crippen LogP contribution in [0.25, 0.3) is 5.57 Å². The highest BCUT2D eigenvalue weighted by molar-refractivity contribution is 5.90. The lowest BCUT2D eigenvalue weighted by Gasteiger charge is -2.30. The van der Waals surface area contributed by atoms with Gasteiger partial charge in [-0.1, -0.05) is 44.2 Å². The van der Waals surface area contributed by atoms with Crippen molar-refractivity contribution in [3.8, 4) is 0 Å². The van der Waals surface area contributed by atoms with Crippen LogP contribution in [0.5, 0.6) is 0 Å². The third-order valence-electron chi connectivity index (χ3n) is 6.17. The third kappa shape index (κ3) is 4.71. The topological polar surface area (TPSA) is 64.1 Å². The van der Waals surface area contributed by atoms with E-state index in [1.54, 1.807) is 7.11 Å². The van der Waals surface area contributed by atoms with Crippen LogP contribution in [0.3, 0.4) is 0 Å². The van der Waals surface area contributed by atoms with Crippen LogP contribution < -0.4 is 5.32 Å². The van der Waals surface area contributed by atoms with E-state index in [2.05, 4.69) is 37.4 Å². The second kappa shape index (κ2) is 9.46. The number of carbonyl (C=O) groups is 1. The van der Waals surface area contributed by atoms with E-state index in [9.17, 15) is 4.79 Å². The number of methoxy groups -OCH3 is 1. The normalized spacial score (nSPS) is 17.5. The molecule has 1 aromatic heterocycles. The molecule has 2 aromatic rings. The quantitative estimate of drug-likeness (QED) is 0.666. The molecule has 0 fully saturated rings. The van der Waals surface area contributed by atoms with Crippen LogP contribution >= 0.6 is 0 Å². The number of hydrogen-bond acceptors (Lipinski definition) is 4. The molecule has 2 aliphatic carbocycles. The standard InChI is InChI=1S/C26H31N3O2/c1-4-21-26(29-23(30)12-8-11-18-9-6-5-7-10-18)28-22-14-13-19-16-20(31-3)15-17(2)24(19)25(22)27-21/h5-7,9-10,16-17H,4,8,11-15H2,1-3H3,(H,28,29,30). The van der Waals surface area contributed by atoms with E-state index in [-0.39, 0.29) is 5.91 Å². The van der Waals surface area contributed by atoms with Crippen LogP contribution in [0.15, 0.2) is 47.7 Å². The molecule has 1 N–H and O–H groups in total. The van der Waals surface area contributed by atoms with Gasteiger partial charge in [0, 0.05) is 12.8 Å². The Hall–Kier alpha value is -2.95. The number of benzene rings is 1. The maximum absolute atomic E-state index is 12.6. The molecule has 1 aromatic carbocycles. The van der Waals surface area contributed by atoms with Gasteiger partial charge in [-0.05, 0) is 60.8 Å². The maximum atomic E-state index is 12.6. The molecule has 2 aliphatic rings. The van der Waals surface area contributed by atoms with E-state index in [1.165, 1.54) is 16.7 Å². The number of aromatic nitrogens is 2. The smallest absolute Gasteiger partial charge is 0.225 e. The Kier molecular flexibility index (Phi) is 6.50. The SMILES string of the molecule is CCc1nc2c(nc1NC(=O)CCCc1ccccc1)CCC1=C2C(C)CC(OC)=C1. The minimum atomic E-state index is 0.00861. The predicted octanol–water partition coefficient (Wildman–Crippen LogP) is 5.27. The van der Waals surface area contributed by atoms with Crippen molar-refractivity contribution in [2.75, 3.05) is 12.4 Å². The zero-order valence-electron chi connectivity index (χ0n) is 18.7. The monoisotopic (exact) mass is 417 g/mol. The van der Waals surface area contributed by atoms with Crippen molar-refractivity contribution < 1.29 is 9.53 Å². The Labute approximate surface area is 184 Å². The van der Waals surface area contributed by atoms with Crippen molar-refractivity contribution in [1.29, 1.82) is 0 Å². The summed E-state index contributed by atoms with van der Waals surface area (Å²) in [6.45, 7) is 4.29. The van der Waals surface area contributed by atoms with Gasteiger partial charge in [-0.3, -0.25) is 4.79 Å². The van der Waals surface area contributed by atoms with Gasteiger partial charge in [-0.25, -0.2) is 9.97 Å². The summed E-state index contributed by atoms with van der Waals surface area (Å²) in [7, 11) is 1.74. The fourth-order valence-corrected chi connectivity index (χ4v) is 4.57. The molecule has 0 bridgehead atoms. The van der Waals surface area contributed by atoms with Crippen LogP contribution in [-0.2, 0) is 28.8 Å². The van der Waals surface area contributed by atoms with E-state index < -0.39 is 0 Å². The number of nitrogens with zero attached hydrogens (tertiary/aromatic N) is 2. The van der Waals surface area contributed by atoms with Crippen molar-refractivity contribution in [2.45, 2.75) is 58.8 Å². The van der Waals surface area contributed by atoms with Gasteiger partial charge in [0.2, 0.25) is 5.91 Å². The van der Waals surface area contributed by atoms with Gasteiger partial charge in [-0.15, -0.1) is 0 Å². The second-order valence-corrected chi connectivity index (χ2v) is 8.41. The number of carbonyl (C=O) groups excluding carboxylic acids is 1. The Morgan fingerprint density at radius 3 is 2.74 bits per heavy atom. The fraction of sp³-hybridized carbons (Fsp3) is 0.423. The Morgan fingerprint density at radius 2 is 2.00 bits per heavy atom. The van der Waals surface area contributed by atoms with Crippen molar-refractivity contribution in [3.63, 3.8) is 0 Å². The van der Waals surface area contributed by atoms with Gasteiger partial charge in [0.15, 0.2) is 5.82 Å². The first-order valence-electron chi connectivity index (χ1n) is 11.3. The van der Waals surface area contributed by atoms with Crippen LogP contribution in [0.2, 0.25) is 0 Å². The van der Waals surface area contributed by atoms with Gasteiger partial charge in [0.25, 0.3) is 0 Å². The van der Waals surface area contributed by atoms with E-state index >= 15 is 0 Å². The molecule has 4 rings (SSSR count). The Balaban J connectivity index is 1.50. The minimum Gasteiger partial charge on any atom is -0.501 e. The highest BCUT2D eigenvalue weighted by atomic mass is 16.5. The van der Waals surface area contributed by atoms with Crippen LogP contribution in [0, 0.1) is 5.92 Å². The maximum Gasteiger partial charge on any atom is 0.225 e. The van der Waals surface area contributed by atoms with E-state index in [4.69, 9.17) is 14.7 Å². The summed E-state index contributed by atoms with van der Waals surface area (Å²) in [5.74, 6) is 2.03. The number of nitrogens with one attached hydrogen (secondary N) is 1. The average Bonchev–Trinajstić information content (AvgIpc) is 2.78. The summed E-state index contributed by atoms with van der Waals surface area (Å²) in [6.07, 6.45) is 7.76. The lowest BCUT2D eigenvalue weighted by atomic mass is 9.79. The molecule has 0 aliphatic heterocycles. The highest BCUT2D eigenvalue weighted by Crippen LogP contribution is 2.42. The average molecular weight is 418 g/mol. The van der Waals surface area contributed by atoms with E-state index in [0.717, 1.165) is 61.4 Å².